The van der Waals surface area contributed by atoms with Crippen molar-refractivity contribution in [3.05, 3.63) is 71.5 Å². The van der Waals surface area contributed by atoms with E-state index in [1.165, 1.54) is 18.3 Å². The lowest BCUT2D eigenvalue weighted by Crippen LogP contribution is -2.23. The van der Waals surface area contributed by atoms with Crippen molar-refractivity contribution in [3.8, 4) is 11.4 Å². The van der Waals surface area contributed by atoms with Crippen molar-refractivity contribution in [2.24, 2.45) is 0 Å². The maximum absolute atomic E-state index is 12.5. The molecular formula is C24H23N5O2S2. The molecule has 33 heavy (non-hydrogen) atoms. The molecule has 0 atom stereocenters. The first-order valence-corrected chi connectivity index (χ1v) is 12.5. The van der Waals surface area contributed by atoms with Gasteiger partial charge in [0.25, 0.3) is 0 Å². The summed E-state index contributed by atoms with van der Waals surface area (Å²) in [4.78, 5) is 23.6. The Hall–Kier alpha value is -3.17. The summed E-state index contributed by atoms with van der Waals surface area (Å²) in [5.74, 6) is 2.65. The Bertz CT molecular complexity index is 1270. The predicted octanol–water partition coefficient (Wildman–Crippen LogP) is 5.59. The van der Waals surface area contributed by atoms with Crippen molar-refractivity contribution >= 4 is 39.8 Å². The summed E-state index contributed by atoms with van der Waals surface area (Å²) in [6.45, 7) is 1.53. The topological polar surface area (TPSA) is 73.1 Å². The van der Waals surface area contributed by atoms with E-state index < -0.39 is 0 Å². The van der Waals surface area contributed by atoms with Gasteiger partial charge in [0.2, 0.25) is 11.1 Å². The number of thiazole rings is 1. The molecule has 4 aromatic rings. The number of amides is 1. The quantitative estimate of drug-likeness (QED) is 0.308. The van der Waals surface area contributed by atoms with E-state index >= 15 is 0 Å². The van der Waals surface area contributed by atoms with Crippen LogP contribution in [-0.4, -0.2) is 32.8 Å². The summed E-state index contributed by atoms with van der Waals surface area (Å²) < 4.78 is 7.41. The second-order valence-electron chi connectivity index (χ2n) is 7.71. The zero-order chi connectivity index (χ0) is 22.8. The minimum Gasteiger partial charge on any atom is -0.495 e. The molecule has 168 valence electrons. The van der Waals surface area contributed by atoms with Crippen LogP contribution in [0.1, 0.15) is 37.2 Å². The van der Waals surface area contributed by atoms with Crippen LogP contribution in [0.2, 0.25) is 0 Å². The Balaban J connectivity index is 1.35. The monoisotopic (exact) mass is 477 g/mol. The highest BCUT2D eigenvalue weighted by Gasteiger charge is 2.30. The number of nitrogens with zero attached hydrogens (tertiary/aromatic N) is 5. The second kappa shape index (κ2) is 9.36. The molecule has 1 saturated carbocycles. The second-order valence-corrected chi connectivity index (χ2v) is 9.49. The van der Waals surface area contributed by atoms with E-state index in [0.29, 0.717) is 28.2 Å². The Morgan fingerprint density at radius 1 is 1.15 bits per heavy atom. The summed E-state index contributed by atoms with van der Waals surface area (Å²) >= 11 is 2.99. The highest BCUT2D eigenvalue weighted by molar-refractivity contribution is 7.98. The minimum absolute atomic E-state index is 0.120. The van der Waals surface area contributed by atoms with Crippen LogP contribution in [0.15, 0.2) is 65.1 Å². The van der Waals surface area contributed by atoms with Crippen LogP contribution in [0.25, 0.3) is 5.69 Å². The van der Waals surface area contributed by atoms with Crippen LogP contribution in [-0.2, 0) is 10.5 Å². The maximum atomic E-state index is 12.5. The summed E-state index contributed by atoms with van der Waals surface area (Å²) in [5.41, 5.74) is 2.59. The fraction of sp³-hybridized carbons (Fsp3) is 0.250. The van der Waals surface area contributed by atoms with Gasteiger partial charge in [0.05, 0.1) is 24.2 Å². The van der Waals surface area contributed by atoms with Crippen molar-refractivity contribution in [1.82, 2.24) is 19.7 Å². The van der Waals surface area contributed by atoms with Crippen LogP contribution >= 0.6 is 23.1 Å². The number of aromatic nitrogens is 4. The molecule has 9 heteroatoms. The third kappa shape index (κ3) is 4.65. The average molecular weight is 478 g/mol. The van der Waals surface area contributed by atoms with Gasteiger partial charge in [0, 0.05) is 24.0 Å². The van der Waals surface area contributed by atoms with Gasteiger partial charge in [0.15, 0.2) is 5.13 Å². The fourth-order valence-electron chi connectivity index (χ4n) is 3.56. The molecule has 0 N–H and O–H groups in total. The lowest BCUT2D eigenvalue weighted by Gasteiger charge is -2.20. The van der Waals surface area contributed by atoms with Gasteiger partial charge >= 0.3 is 0 Å². The van der Waals surface area contributed by atoms with E-state index in [-0.39, 0.29) is 5.91 Å². The molecular weight excluding hydrogens is 454 g/mol. The van der Waals surface area contributed by atoms with Crippen molar-refractivity contribution in [2.75, 3.05) is 12.0 Å². The van der Waals surface area contributed by atoms with E-state index in [0.717, 1.165) is 35.2 Å². The zero-order valence-electron chi connectivity index (χ0n) is 18.3. The molecule has 1 fully saturated rings. The molecule has 0 aliphatic heterocycles. The highest BCUT2D eigenvalue weighted by Crippen LogP contribution is 2.41. The van der Waals surface area contributed by atoms with Crippen LogP contribution in [0, 0.1) is 0 Å². The molecule has 2 aromatic carbocycles. The van der Waals surface area contributed by atoms with E-state index in [2.05, 4.69) is 12.1 Å². The van der Waals surface area contributed by atoms with Crippen molar-refractivity contribution in [3.63, 3.8) is 0 Å². The molecule has 0 saturated heterocycles. The molecule has 0 bridgehead atoms. The number of ether oxygens (including phenoxy) is 1. The summed E-state index contributed by atoms with van der Waals surface area (Å²) in [6, 6.07) is 17.6. The van der Waals surface area contributed by atoms with Crippen LogP contribution in [0.5, 0.6) is 5.75 Å². The van der Waals surface area contributed by atoms with Gasteiger partial charge < -0.3 is 4.74 Å². The molecule has 2 aromatic heterocycles. The molecule has 0 radical (unpaired) electrons. The fourth-order valence-corrected chi connectivity index (χ4v) is 5.26. The number of rotatable bonds is 8. The number of para-hydroxylation sites is 3. The largest absolute Gasteiger partial charge is 0.495 e. The Kier molecular flexibility index (Phi) is 6.15. The molecule has 7 nitrogen and oxygen atoms in total. The number of methoxy groups -OCH3 is 1. The van der Waals surface area contributed by atoms with Crippen LogP contribution < -0.4 is 9.64 Å². The third-order valence-corrected chi connectivity index (χ3v) is 7.02. The number of hydrogen-bond acceptors (Lipinski definition) is 7. The Labute approximate surface area is 200 Å². The lowest BCUT2D eigenvalue weighted by atomic mass is 10.2. The highest BCUT2D eigenvalue weighted by atomic mass is 32.2. The van der Waals surface area contributed by atoms with Crippen LogP contribution in [0.4, 0.5) is 10.8 Å². The Morgan fingerprint density at radius 2 is 1.91 bits per heavy atom. The molecule has 0 unspecified atom stereocenters. The van der Waals surface area contributed by atoms with Crippen molar-refractivity contribution < 1.29 is 9.53 Å². The molecule has 1 aliphatic carbocycles. The molecule has 5 rings (SSSR count). The first-order valence-electron chi connectivity index (χ1n) is 10.7. The van der Waals surface area contributed by atoms with Crippen molar-refractivity contribution in [2.45, 2.75) is 36.6 Å². The van der Waals surface area contributed by atoms with Crippen molar-refractivity contribution in [1.29, 1.82) is 0 Å². The molecule has 2 heterocycles. The van der Waals surface area contributed by atoms with Gasteiger partial charge in [-0.15, -0.1) is 16.4 Å². The van der Waals surface area contributed by atoms with E-state index in [1.807, 2.05) is 52.5 Å². The van der Waals surface area contributed by atoms with E-state index in [4.69, 9.17) is 19.8 Å². The molecule has 0 spiro atoms. The number of carbonyl (C=O) groups excluding carboxylic acids is 1. The summed E-state index contributed by atoms with van der Waals surface area (Å²) in [5, 5.41) is 8.09. The average Bonchev–Trinajstić information content (AvgIpc) is 3.43. The number of carbonyl (C=O) groups is 1. The number of thioether (sulfide) groups is 1. The van der Waals surface area contributed by atoms with Gasteiger partial charge in [-0.25, -0.2) is 14.6 Å². The number of benzene rings is 2. The third-order valence-electron chi connectivity index (χ3n) is 5.28. The van der Waals surface area contributed by atoms with E-state index in [9.17, 15) is 4.79 Å². The minimum atomic E-state index is -0.120. The van der Waals surface area contributed by atoms with Gasteiger partial charge in [-0.05, 0) is 37.1 Å². The standard InChI is InChI=1S/C24H23N5O2S2/c1-16(30)28(20-10-6-7-11-21(20)31-2)24-25-18(15-33-24)14-32-23-26-22(17-12-13-17)29(27-23)19-8-4-3-5-9-19/h3-11,15,17H,12-14H2,1-2H3. The smallest absolute Gasteiger partial charge is 0.230 e. The zero-order valence-corrected chi connectivity index (χ0v) is 20.0. The number of anilines is 2. The summed E-state index contributed by atoms with van der Waals surface area (Å²) in [6.07, 6.45) is 2.32. The normalized spacial score (nSPS) is 13.2. The van der Waals surface area contributed by atoms with Gasteiger partial charge in [-0.1, -0.05) is 42.1 Å². The number of hydrogen-bond donors (Lipinski definition) is 0. The molecule has 1 aliphatic rings. The van der Waals surface area contributed by atoms with Gasteiger partial charge in [0.1, 0.15) is 11.6 Å². The lowest BCUT2D eigenvalue weighted by molar-refractivity contribution is -0.115. The van der Waals surface area contributed by atoms with Crippen LogP contribution in [0.3, 0.4) is 0 Å². The van der Waals surface area contributed by atoms with Gasteiger partial charge in [-0.2, -0.15) is 0 Å². The van der Waals surface area contributed by atoms with Gasteiger partial charge in [-0.3, -0.25) is 9.69 Å². The summed E-state index contributed by atoms with van der Waals surface area (Å²) in [7, 11) is 1.60. The van der Waals surface area contributed by atoms with E-state index in [1.54, 1.807) is 23.8 Å². The predicted molar refractivity (Wildman–Crippen MR) is 131 cm³/mol. The SMILES string of the molecule is COc1ccccc1N(C(C)=O)c1nc(CSc2nc(C3CC3)n(-c3ccccc3)n2)cs1. The Morgan fingerprint density at radius 3 is 2.64 bits per heavy atom. The first kappa shape index (κ1) is 21.7. The maximum Gasteiger partial charge on any atom is 0.230 e. The first-order chi connectivity index (χ1) is 16.1. The molecule has 1 amide bonds.